The van der Waals surface area contributed by atoms with Gasteiger partial charge in [-0.2, -0.15) is 0 Å². The van der Waals surface area contributed by atoms with Crippen molar-refractivity contribution in [2.45, 2.75) is 64.6 Å². The van der Waals surface area contributed by atoms with Crippen molar-refractivity contribution in [2.75, 3.05) is 52.9 Å². The molecule has 0 aromatic rings. The Labute approximate surface area is 173 Å². The highest BCUT2D eigenvalue weighted by Gasteiger charge is 2.17. The number of hydrogen-bond donors (Lipinski definition) is 2. The lowest BCUT2D eigenvalue weighted by Gasteiger charge is -2.13. The molecule has 0 aromatic carbocycles. The highest BCUT2D eigenvalue weighted by Crippen LogP contribution is 2.06. The molecule has 0 radical (unpaired) electrons. The maximum atomic E-state index is 11.0. The number of hydrogen-bond acceptors (Lipinski definition) is 7. The van der Waals surface area contributed by atoms with E-state index in [0.29, 0.717) is 52.5 Å². The zero-order chi connectivity index (χ0) is 21.7. The molecular weight excluding hydrogens is 384 g/mol. The van der Waals surface area contributed by atoms with Crippen LogP contribution in [0.2, 0.25) is 0 Å². The van der Waals surface area contributed by atoms with Crippen molar-refractivity contribution in [3.8, 4) is 0 Å². The van der Waals surface area contributed by atoms with Crippen LogP contribution in [0.4, 0.5) is 0 Å². The molecule has 0 saturated carbocycles. The number of aliphatic carboxylic acids is 2. The molecule has 0 aliphatic rings. The Morgan fingerprint density at radius 2 is 0.931 bits per heavy atom. The van der Waals surface area contributed by atoms with E-state index in [4.69, 9.17) is 33.9 Å². The van der Waals surface area contributed by atoms with Crippen LogP contribution in [-0.2, 0) is 33.3 Å². The Balaban J connectivity index is 3.44. The van der Waals surface area contributed by atoms with E-state index in [9.17, 15) is 9.59 Å². The van der Waals surface area contributed by atoms with Crippen molar-refractivity contribution >= 4 is 11.9 Å². The summed E-state index contributed by atoms with van der Waals surface area (Å²) in [6.07, 6.45) is 2.98. The fraction of sp³-hybridized carbons (Fsp3) is 0.900. The van der Waals surface area contributed by atoms with Crippen molar-refractivity contribution < 1.29 is 43.5 Å². The van der Waals surface area contributed by atoms with Gasteiger partial charge in [-0.3, -0.25) is 0 Å². The molecule has 0 heterocycles. The molecule has 2 N–H and O–H groups in total. The Kier molecular flexibility index (Phi) is 19.2. The molecule has 29 heavy (non-hydrogen) atoms. The minimum Gasteiger partial charge on any atom is -0.479 e. The van der Waals surface area contributed by atoms with Gasteiger partial charge in [-0.15, -0.1) is 0 Å². The Bertz CT molecular complexity index is 367. The second-order valence-corrected chi connectivity index (χ2v) is 6.52. The lowest BCUT2D eigenvalue weighted by Crippen LogP contribution is -2.26. The summed E-state index contributed by atoms with van der Waals surface area (Å²) >= 11 is 0. The number of carboxylic acids is 2. The molecule has 9 nitrogen and oxygen atoms in total. The molecule has 2 unspecified atom stereocenters. The van der Waals surface area contributed by atoms with Crippen LogP contribution in [0, 0.1) is 0 Å². The quantitative estimate of drug-likeness (QED) is 0.253. The molecule has 2 atom stereocenters. The summed E-state index contributed by atoms with van der Waals surface area (Å²) in [5.41, 5.74) is 0. The molecule has 172 valence electrons. The van der Waals surface area contributed by atoms with Gasteiger partial charge in [0.25, 0.3) is 0 Å². The largest absolute Gasteiger partial charge is 0.479 e. The number of unbranched alkanes of at least 4 members (excludes halogenated alkanes) is 2. The van der Waals surface area contributed by atoms with E-state index in [1.54, 1.807) is 0 Å². The average molecular weight is 423 g/mol. The van der Waals surface area contributed by atoms with E-state index in [2.05, 4.69) is 0 Å². The van der Waals surface area contributed by atoms with Gasteiger partial charge in [0.1, 0.15) is 0 Å². The first-order chi connectivity index (χ1) is 14.0. The van der Waals surface area contributed by atoms with Crippen LogP contribution in [-0.4, -0.2) is 87.2 Å². The van der Waals surface area contributed by atoms with Crippen molar-refractivity contribution in [3.05, 3.63) is 0 Å². The Morgan fingerprint density at radius 1 is 0.621 bits per heavy atom. The topological polar surface area (TPSA) is 121 Å². The first-order valence-electron chi connectivity index (χ1n) is 10.4. The van der Waals surface area contributed by atoms with E-state index in [-0.39, 0.29) is 13.2 Å². The summed E-state index contributed by atoms with van der Waals surface area (Å²) < 4.78 is 26.6. The van der Waals surface area contributed by atoms with Crippen molar-refractivity contribution in [3.63, 3.8) is 0 Å². The molecule has 9 heteroatoms. The molecule has 0 bridgehead atoms. The maximum Gasteiger partial charge on any atom is 0.332 e. The molecule has 0 spiro atoms. The second-order valence-electron chi connectivity index (χ2n) is 6.52. The molecule has 0 aliphatic heterocycles. The monoisotopic (exact) mass is 422 g/mol. The molecule has 0 saturated heterocycles. The van der Waals surface area contributed by atoms with Gasteiger partial charge in [-0.25, -0.2) is 9.59 Å². The summed E-state index contributed by atoms with van der Waals surface area (Å²) in [6.45, 7) is 6.68. The van der Waals surface area contributed by atoms with E-state index in [1.165, 1.54) is 0 Å². The summed E-state index contributed by atoms with van der Waals surface area (Å²) in [5, 5.41) is 18.1. The van der Waals surface area contributed by atoms with Crippen LogP contribution in [0.5, 0.6) is 0 Å². The summed E-state index contributed by atoms with van der Waals surface area (Å²) in [4.78, 5) is 22.0. The maximum absolute atomic E-state index is 11.0. The van der Waals surface area contributed by atoms with Gasteiger partial charge in [0, 0.05) is 0 Å². The smallest absolute Gasteiger partial charge is 0.332 e. The van der Waals surface area contributed by atoms with Crippen LogP contribution in [0.3, 0.4) is 0 Å². The predicted molar refractivity (Wildman–Crippen MR) is 106 cm³/mol. The van der Waals surface area contributed by atoms with Crippen molar-refractivity contribution in [2.24, 2.45) is 0 Å². The minimum atomic E-state index is -0.938. The minimum absolute atomic E-state index is 0.236. The van der Waals surface area contributed by atoms with Crippen LogP contribution >= 0.6 is 0 Å². The number of rotatable bonds is 22. The third kappa shape index (κ3) is 17.3. The van der Waals surface area contributed by atoms with Gasteiger partial charge in [0.15, 0.2) is 12.2 Å². The zero-order valence-electron chi connectivity index (χ0n) is 17.8. The van der Waals surface area contributed by atoms with Gasteiger partial charge >= 0.3 is 11.9 Å². The first-order valence-corrected chi connectivity index (χ1v) is 10.4. The summed E-state index contributed by atoms with van der Waals surface area (Å²) in [6, 6.07) is 0. The third-order valence-electron chi connectivity index (χ3n) is 4.03. The molecule has 0 rings (SSSR count). The third-order valence-corrected chi connectivity index (χ3v) is 4.03. The molecule has 0 amide bonds. The van der Waals surface area contributed by atoms with Gasteiger partial charge in [-0.05, 0) is 12.8 Å². The van der Waals surface area contributed by atoms with E-state index < -0.39 is 24.1 Å². The lowest BCUT2D eigenvalue weighted by molar-refractivity contribution is -0.152. The van der Waals surface area contributed by atoms with E-state index in [0.717, 1.165) is 25.7 Å². The average Bonchev–Trinajstić information content (AvgIpc) is 2.69. The SMILES string of the molecule is CCCCC(OCCOCCOCCOCCOC(CCCC)C(=O)O)C(=O)O. The lowest BCUT2D eigenvalue weighted by atomic mass is 10.1. The fourth-order valence-corrected chi connectivity index (χ4v) is 2.38. The summed E-state index contributed by atoms with van der Waals surface area (Å²) in [5.74, 6) is -1.88. The van der Waals surface area contributed by atoms with Crippen LogP contribution in [0.1, 0.15) is 52.4 Å². The Hall–Kier alpha value is -1.26. The van der Waals surface area contributed by atoms with Crippen molar-refractivity contribution in [1.29, 1.82) is 0 Å². The van der Waals surface area contributed by atoms with Crippen LogP contribution < -0.4 is 0 Å². The standard InChI is InChI=1S/C20H38O9/c1-3-5-7-17(19(21)22)28-15-13-26-11-9-25-10-12-27-14-16-29-18(20(23)24)8-6-4-2/h17-18H,3-16H2,1-2H3,(H,21,22)(H,23,24). The van der Waals surface area contributed by atoms with Crippen LogP contribution in [0.25, 0.3) is 0 Å². The predicted octanol–water partition coefficient (Wildman–Crippen LogP) is 2.36. The van der Waals surface area contributed by atoms with Gasteiger partial charge in [-0.1, -0.05) is 39.5 Å². The molecular formula is C20H38O9. The summed E-state index contributed by atoms with van der Waals surface area (Å²) in [7, 11) is 0. The van der Waals surface area contributed by atoms with Crippen LogP contribution in [0.15, 0.2) is 0 Å². The molecule has 0 fully saturated rings. The van der Waals surface area contributed by atoms with E-state index >= 15 is 0 Å². The Morgan fingerprint density at radius 3 is 1.21 bits per heavy atom. The van der Waals surface area contributed by atoms with E-state index in [1.807, 2.05) is 13.8 Å². The highest BCUT2D eigenvalue weighted by molar-refractivity contribution is 5.72. The normalized spacial score (nSPS) is 13.3. The van der Waals surface area contributed by atoms with Gasteiger partial charge in [0.2, 0.25) is 0 Å². The molecule has 0 aromatic heterocycles. The van der Waals surface area contributed by atoms with Crippen molar-refractivity contribution in [1.82, 2.24) is 0 Å². The number of carboxylic acid groups (broad SMARTS) is 2. The van der Waals surface area contributed by atoms with Gasteiger partial charge < -0.3 is 33.9 Å². The fourth-order valence-electron chi connectivity index (χ4n) is 2.38. The number of ether oxygens (including phenoxy) is 5. The number of carbonyl (C=O) groups is 2. The zero-order valence-corrected chi connectivity index (χ0v) is 17.8. The first kappa shape index (κ1) is 27.7. The van der Waals surface area contributed by atoms with Gasteiger partial charge in [0.05, 0.1) is 52.9 Å². The molecule has 0 aliphatic carbocycles. The second kappa shape index (κ2) is 20.0. The highest BCUT2D eigenvalue weighted by atomic mass is 16.6.